The Bertz CT molecular complexity index is 1070. The lowest BCUT2D eigenvalue weighted by Crippen LogP contribution is -2.47. The van der Waals surface area contributed by atoms with Gasteiger partial charge >= 0.3 is 12.0 Å². The first-order valence-corrected chi connectivity index (χ1v) is 11.6. The quantitative estimate of drug-likeness (QED) is 0.566. The molecule has 174 valence electrons. The van der Waals surface area contributed by atoms with E-state index in [9.17, 15) is 14.7 Å². The molecule has 0 spiro atoms. The number of oxazole rings is 1. The fourth-order valence-electron chi connectivity index (χ4n) is 4.82. The molecule has 0 radical (unpaired) electrons. The minimum atomic E-state index is -0.993. The zero-order valence-electron chi connectivity index (χ0n) is 18.5. The number of allylic oxidation sites excluding steroid dienone is 3. The Morgan fingerprint density at radius 1 is 1.27 bits per heavy atom. The van der Waals surface area contributed by atoms with Gasteiger partial charge in [-0.3, -0.25) is 10.1 Å². The Balaban J connectivity index is 1.21. The van der Waals surface area contributed by atoms with Crippen molar-refractivity contribution in [1.82, 2.24) is 25.4 Å². The number of hydrogen-bond donors (Lipinski definition) is 3. The third-order valence-corrected chi connectivity index (χ3v) is 6.53. The van der Waals surface area contributed by atoms with Crippen LogP contribution in [0.15, 0.2) is 52.1 Å². The van der Waals surface area contributed by atoms with Crippen molar-refractivity contribution in [2.75, 3.05) is 26.2 Å². The summed E-state index contributed by atoms with van der Waals surface area (Å²) in [6.45, 7) is 2.67. The van der Waals surface area contributed by atoms with Crippen molar-refractivity contribution < 1.29 is 19.1 Å². The van der Waals surface area contributed by atoms with E-state index in [2.05, 4.69) is 27.8 Å². The highest BCUT2D eigenvalue weighted by Gasteiger charge is 2.38. The van der Waals surface area contributed by atoms with Crippen LogP contribution in [0.4, 0.5) is 4.79 Å². The van der Waals surface area contributed by atoms with Crippen LogP contribution >= 0.6 is 0 Å². The maximum atomic E-state index is 13.1. The summed E-state index contributed by atoms with van der Waals surface area (Å²) in [6.07, 6.45) is 8.34. The van der Waals surface area contributed by atoms with Gasteiger partial charge in [0.15, 0.2) is 5.58 Å². The van der Waals surface area contributed by atoms with Crippen LogP contribution in [-0.2, 0) is 4.79 Å². The summed E-state index contributed by atoms with van der Waals surface area (Å²) in [6, 6.07) is 6.40. The number of hydrogen-bond acceptors (Lipinski definition) is 6. The van der Waals surface area contributed by atoms with Gasteiger partial charge in [0.1, 0.15) is 11.6 Å². The number of aliphatic carboxylic acids is 1. The number of carboxylic acids is 1. The van der Waals surface area contributed by atoms with Gasteiger partial charge in [0.2, 0.25) is 5.89 Å². The Morgan fingerprint density at radius 2 is 2.15 bits per heavy atom. The highest BCUT2D eigenvalue weighted by atomic mass is 16.4. The number of aromatic nitrogens is 1. The average molecular weight is 452 g/mol. The van der Waals surface area contributed by atoms with Crippen LogP contribution in [0.2, 0.25) is 0 Å². The van der Waals surface area contributed by atoms with Crippen molar-refractivity contribution in [3.63, 3.8) is 0 Å². The maximum Gasteiger partial charge on any atom is 0.320 e. The molecule has 9 nitrogen and oxygen atoms in total. The lowest BCUT2D eigenvalue weighted by molar-refractivity contribution is -0.138. The van der Waals surface area contributed by atoms with Crippen LogP contribution < -0.4 is 10.6 Å². The summed E-state index contributed by atoms with van der Waals surface area (Å²) in [5.41, 5.74) is 3.82. The second-order valence-corrected chi connectivity index (χ2v) is 8.77. The first kappa shape index (κ1) is 21.5. The van der Waals surface area contributed by atoms with E-state index in [1.54, 1.807) is 15.9 Å². The monoisotopic (exact) mass is 451 g/mol. The molecular weight excluding hydrogens is 422 g/mol. The number of benzene rings is 1. The third-order valence-electron chi connectivity index (χ3n) is 6.53. The summed E-state index contributed by atoms with van der Waals surface area (Å²) >= 11 is 0. The number of carbonyl (C=O) groups is 2. The number of carbonyl (C=O) groups excluding carboxylic acids is 1. The van der Waals surface area contributed by atoms with Crippen LogP contribution in [0.1, 0.15) is 44.0 Å². The van der Waals surface area contributed by atoms with Gasteiger partial charge in [-0.15, -0.1) is 0 Å². The van der Waals surface area contributed by atoms with E-state index < -0.39 is 12.0 Å². The second kappa shape index (κ2) is 9.27. The first-order valence-electron chi connectivity index (χ1n) is 11.6. The van der Waals surface area contributed by atoms with Crippen LogP contribution in [0.3, 0.4) is 0 Å². The number of para-hydroxylation sites is 2. The van der Waals surface area contributed by atoms with Gasteiger partial charge in [0.25, 0.3) is 0 Å². The SMILES string of the molecule is O=C(O)CC(c1nc2ccccc2o1)N1CCN(CCCC2=CC=C3CCCNC3N2)C1=O. The summed E-state index contributed by atoms with van der Waals surface area (Å²) in [7, 11) is 0. The summed E-state index contributed by atoms with van der Waals surface area (Å²) in [4.78, 5) is 32.5. The summed E-state index contributed by atoms with van der Waals surface area (Å²) < 4.78 is 5.82. The molecule has 2 aromatic rings. The van der Waals surface area contributed by atoms with Gasteiger partial charge in [0.05, 0.1) is 12.6 Å². The van der Waals surface area contributed by atoms with Crippen molar-refractivity contribution in [2.24, 2.45) is 0 Å². The van der Waals surface area contributed by atoms with Crippen molar-refractivity contribution in [2.45, 2.75) is 44.3 Å². The van der Waals surface area contributed by atoms with Crippen LogP contribution in [0, 0.1) is 0 Å². The summed E-state index contributed by atoms with van der Waals surface area (Å²) in [5.74, 6) is -0.722. The number of nitrogens with one attached hydrogen (secondary N) is 2. The fourth-order valence-corrected chi connectivity index (χ4v) is 4.82. The second-order valence-electron chi connectivity index (χ2n) is 8.77. The molecule has 33 heavy (non-hydrogen) atoms. The number of carboxylic acid groups (broad SMARTS) is 1. The zero-order valence-corrected chi connectivity index (χ0v) is 18.5. The molecule has 2 unspecified atom stereocenters. The summed E-state index contributed by atoms with van der Waals surface area (Å²) in [5, 5.41) is 16.5. The minimum absolute atomic E-state index is 0.162. The molecule has 3 aliphatic rings. The molecule has 1 aromatic heterocycles. The molecule has 4 heterocycles. The predicted octanol–water partition coefficient (Wildman–Crippen LogP) is 2.98. The third kappa shape index (κ3) is 4.59. The average Bonchev–Trinajstić information content (AvgIpc) is 3.41. The Hall–Kier alpha value is -3.33. The Kier molecular flexibility index (Phi) is 6.04. The lowest BCUT2D eigenvalue weighted by atomic mass is 9.99. The van der Waals surface area contributed by atoms with E-state index >= 15 is 0 Å². The van der Waals surface area contributed by atoms with Crippen LogP contribution in [0.5, 0.6) is 0 Å². The first-order chi connectivity index (χ1) is 16.1. The molecule has 2 saturated heterocycles. The van der Waals surface area contributed by atoms with E-state index in [4.69, 9.17) is 4.42 Å². The van der Waals surface area contributed by atoms with Crippen LogP contribution in [0.25, 0.3) is 11.1 Å². The predicted molar refractivity (Wildman–Crippen MR) is 122 cm³/mol. The number of fused-ring (bicyclic) bond motifs is 2. The lowest BCUT2D eigenvalue weighted by Gasteiger charge is -2.32. The van der Waals surface area contributed by atoms with E-state index in [0.717, 1.165) is 25.8 Å². The molecule has 2 fully saturated rings. The molecule has 3 N–H and O–H groups in total. The standard InChI is InChI=1S/C24H29N5O4/c30-21(31)15-19(23-27-18-7-1-2-8-20(18)33-23)29-14-13-28(24(29)32)12-4-6-17-10-9-16-5-3-11-25-22(16)26-17/h1-2,7-10,19,22,25-26H,3-6,11-15H2,(H,30,31). The maximum absolute atomic E-state index is 13.1. The molecular formula is C24H29N5O4. The van der Waals surface area contributed by atoms with Crippen molar-refractivity contribution >= 4 is 23.1 Å². The Morgan fingerprint density at radius 3 is 3.00 bits per heavy atom. The molecule has 3 aliphatic heterocycles. The van der Waals surface area contributed by atoms with Crippen molar-refractivity contribution in [3.8, 4) is 0 Å². The van der Waals surface area contributed by atoms with Gasteiger partial charge in [-0.2, -0.15) is 0 Å². The van der Waals surface area contributed by atoms with E-state index in [1.807, 2.05) is 18.2 Å². The number of dihydropyridines is 1. The fraction of sp³-hybridized carbons (Fsp3) is 0.458. The highest BCUT2D eigenvalue weighted by Crippen LogP contribution is 2.30. The smallest absolute Gasteiger partial charge is 0.320 e. The molecule has 9 heteroatoms. The topological polar surface area (TPSA) is 111 Å². The highest BCUT2D eigenvalue weighted by molar-refractivity contribution is 5.78. The largest absolute Gasteiger partial charge is 0.481 e. The van der Waals surface area contributed by atoms with Gasteiger partial charge in [-0.05, 0) is 56.0 Å². The van der Waals surface area contributed by atoms with E-state index in [-0.39, 0.29) is 24.5 Å². The van der Waals surface area contributed by atoms with Gasteiger partial charge in [0, 0.05) is 25.3 Å². The zero-order chi connectivity index (χ0) is 22.8. The number of rotatable bonds is 8. The van der Waals surface area contributed by atoms with Gasteiger partial charge < -0.3 is 24.6 Å². The van der Waals surface area contributed by atoms with Crippen LogP contribution in [-0.4, -0.2) is 64.2 Å². The molecule has 1 aromatic carbocycles. The minimum Gasteiger partial charge on any atom is -0.481 e. The molecule has 5 rings (SSSR count). The number of nitrogens with zero attached hydrogens (tertiary/aromatic N) is 3. The van der Waals surface area contributed by atoms with Gasteiger partial charge in [-0.1, -0.05) is 18.2 Å². The van der Waals surface area contributed by atoms with Crippen molar-refractivity contribution in [3.05, 3.63) is 53.6 Å². The number of amides is 2. The van der Waals surface area contributed by atoms with Crippen molar-refractivity contribution in [1.29, 1.82) is 0 Å². The number of urea groups is 1. The normalized spacial score (nSPS) is 21.5. The molecule has 0 saturated carbocycles. The number of piperidine rings is 1. The molecule has 0 aliphatic carbocycles. The molecule has 2 atom stereocenters. The van der Waals surface area contributed by atoms with E-state index in [0.29, 0.717) is 30.7 Å². The molecule has 0 bridgehead atoms. The van der Waals surface area contributed by atoms with Gasteiger partial charge in [-0.25, -0.2) is 9.78 Å². The Labute approximate surface area is 192 Å². The molecule has 2 amide bonds. The van der Waals surface area contributed by atoms with E-state index in [1.165, 1.54) is 17.7 Å².